The van der Waals surface area contributed by atoms with Gasteiger partial charge in [0.05, 0.1) is 9.82 Å². The topological polar surface area (TPSA) is 137 Å². The van der Waals surface area contributed by atoms with Gasteiger partial charge < -0.3 is 10.2 Å². The number of nitrogens with two attached hydrogens (primary N) is 1. The standard InChI is InChI=1S/C11H18N4O5S/c1-8(7-20-2)6-13-21(18,19)9-3-4-10(14-12)11(5-9)15(16)17/h3-5,8,13-14H,6-7,12H2,1-2H3. The smallest absolute Gasteiger partial charge is 0.294 e. The van der Waals surface area contributed by atoms with Crippen LogP contribution in [0.3, 0.4) is 0 Å². The lowest BCUT2D eigenvalue weighted by Crippen LogP contribution is -2.30. The second-order valence-electron chi connectivity index (χ2n) is 4.49. The van der Waals surface area contributed by atoms with Crippen LogP contribution in [-0.4, -0.2) is 33.6 Å². The largest absolute Gasteiger partial charge is 0.384 e. The fraction of sp³-hybridized carbons (Fsp3) is 0.455. The number of sulfonamides is 1. The lowest BCUT2D eigenvalue weighted by Gasteiger charge is -2.12. The molecule has 0 aromatic heterocycles. The summed E-state index contributed by atoms with van der Waals surface area (Å²) < 4.78 is 31.5. The molecule has 1 unspecified atom stereocenters. The number of nitrogen functional groups attached to an aromatic ring is 1. The van der Waals surface area contributed by atoms with Crippen LogP contribution in [0.1, 0.15) is 6.92 Å². The number of benzene rings is 1. The van der Waals surface area contributed by atoms with E-state index in [0.717, 1.165) is 6.07 Å². The summed E-state index contributed by atoms with van der Waals surface area (Å²) in [5.74, 6) is 5.12. The maximum atomic E-state index is 12.1. The molecule has 0 spiro atoms. The number of ether oxygens (including phenoxy) is 1. The molecule has 1 atom stereocenters. The molecule has 1 rings (SSSR count). The third-order valence-corrected chi connectivity index (χ3v) is 4.13. The van der Waals surface area contributed by atoms with Crippen molar-refractivity contribution < 1.29 is 18.1 Å². The third kappa shape index (κ3) is 4.63. The Morgan fingerprint density at radius 1 is 1.48 bits per heavy atom. The highest BCUT2D eigenvalue weighted by Crippen LogP contribution is 2.26. The fourth-order valence-corrected chi connectivity index (χ4v) is 2.82. The minimum atomic E-state index is -3.83. The first-order valence-corrected chi connectivity index (χ1v) is 7.53. The van der Waals surface area contributed by atoms with E-state index in [0.29, 0.717) is 6.61 Å². The molecule has 0 fully saturated rings. The monoisotopic (exact) mass is 318 g/mol. The molecule has 10 heteroatoms. The van der Waals surface area contributed by atoms with Crippen molar-refractivity contribution in [3.8, 4) is 0 Å². The van der Waals surface area contributed by atoms with E-state index >= 15 is 0 Å². The molecule has 1 aromatic carbocycles. The van der Waals surface area contributed by atoms with Gasteiger partial charge in [0.1, 0.15) is 5.69 Å². The van der Waals surface area contributed by atoms with E-state index in [4.69, 9.17) is 10.6 Å². The Hall–Kier alpha value is -1.75. The molecular formula is C11H18N4O5S. The summed E-state index contributed by atoms with van der Waals surface area (Å²) >= 11 is 0. The SMILES string of the molecule is COCC(C)CNS(=O)(=O)c1ccc(NN)c([N+](=O)[O-])c1. The Labute approximate surface area is 122 Å². The minimum Gasteiger partial charge on any atom is -0.384 e. The van der Waals surface area contributed by atoms with Crippen molar-refractivity contribution in [2.75, 3.05) is 25.7 Å². The van der Waals surface area contributed by atoms with E-state index in [1.54, 1.807) is 0 Å². The number of nitrogens with zero attached hydrogens (tertiary/aromatic N) is 1. The number of anilines is 1. The number of nitrogens with one attached hydrogen (secondary N) is 2. The fourth-order valence-electron chi connectivity index (χ4n) is 1.63. The average Bonchev–Trinajstić information content (AvgIpc) is 2.44. The highest BCUT2D eigenvalue weighted by Gasteiger charge is 2.21. The Morgan fingerprint density at radius 2 is 2.14 bits per heavy atom. The van der Waals surface area contributed by atoms with Crippen molar-refractivity contribution >= 4 is 21.4 Å². The van der Waals surface area contributed by atoms with Crippen LogP contribution in [0.4, 0.5) is 11.4 Å². The van der Waals surface area contributed by atoms with Gasteiger partial charge in [-0.3, -0.25) is 16.0 Å². The maximum Gasteiger partial charge on any atom is 0.294 e. The van der Waals surface area contributed by atoms with E-state index in [2.05, 4.69) is 10.1 Å². The van der Waals surface area contributed by atoms with Gasteiger partial charge in [-0.05, 0) is 18.1 Å². The second kappa shape index (κ2) is 7.31. The van der Waals surface area contributed by atoms with Crippen molar-refractivity contribution in [3.63, 3.8) is 0 Å². The normalized spacial score (nSPS) is 12.9. The number of nitro groups is 1. The molecule has 9 nitrogen and oxygen atoms in total. The molecule has 0 bridgehead atoms. The van der Waals surface area contributed by atoms with Gasteiger partial charge in [0.25, 0.3) is 5.69 Å². The van der Waals surface area contributed by atoms with Crippen molar-refractivity contribution in [1.82, 2.24) is 4.72 Å². The van der Waals surface area contributed by atoms with Crippen molar-refractivity contribution in [1.29, 1.82) is 0 Å². The van der Waals surface area contributed by atoms with Crippen LogP contribution in [0, 0.1) is 16.0 Å². The number of hydrazine groups is 1. The molecule has 0 aliphatic rings. The minimum absolute atomic E-state index is 0.0234. The molecule has 0 heterocycles. The Kier molecular flexibility index (Phi) is 6.03. The first-order valence-electron chi connectivity index (χ1n) is 6.05. The molecule has 4 N–H and O–H groups in total. The average molecular weight is 318 g/mol. The highest BCUT2D eigenvalue weighted by molar-refractivity contribution is 7.89. The van der Waals surface area contributed by atoms with Gasteiger partial charge in [-0.25, -0.2) is 13.1 Å². The van der Waals surface area contributed by atoms with Gasteiger partial charge in [0.15, 0.2) is 0 Å². The molecule has 0 radical (unpaired) electrons. The quantitative estimate of drug-likeness (QED) is 0.359. The summed E-state index contributed by atoms with van der Waals surface area (Å²) in [6.07, 6.45) is 0. The van der Waals surface area contributed by atoms with Crippen LogP contribution in [0.25, 0.3) is 0 Å². The lowest BCUT2D eigenvalue weighted by molar-refractivity contribution is -0.384. The van der Waals surface area contributed by atoms with E-state index in [-0.39, 0.29) is 23.0 Å². The van der Waals surface area contributed by atoms with Crippen LogP contribution in [0.5, 0.6) is 0 Å². The van der Waals surface area contributed by atoms with Crippen molar-refractivity contribution in [2.24, 2.45) is 11.8 Å². The Balaban J connectivity index is 2.98. The van der Waals surface area contributed by atoms with E-state index < -0.39 is 20.6 Å². The molecular weight excluding hydrogens is 300 g/mol. The van der Waals surface area contributed by atoms with Gasteiger partial charge in [-0.2, -0.15) is 0 Å². The third-order valence-electron chi connectivity index (χ3n) is 2.70. The summed E-state index contributed by atoms with van der Waals surface area (Å²) in [5, 5.41) is 10.9. The van der Waals surface area contributed by atoms with Gasteiger partial charge >= 0.3 is 0 Å². The van der Waals surface area contributed by atoms with Crippen LogP contribution in [-0.2, 0) is 14.8 Å². The number of rotatable bonds is 8. The molecule has 0 saturated heterocycles. The number of methoxy groups -OCH3 is 1. The summed E-state index contributed by atoms with van der Waals surface area (Å²) in [4.78, 5) is 9.99. The molecule has 0 aliphatic heterocycles. The van der Waals surface area contributed by atoms with Crippen LogP contribution in [0.2, 0.25) is 0 Å². The molecule has 21 heavy (non-hydrogen) atoms. The van der Waals surface area contributed by atoms with Crippen LogP contribution in [0.15, 0.2) is 23.1 Å². The van der Waals surface area contributed by atoms with Crippen LogP contribution >= 0.6 is 0 Å². The van der Waals surface area contributed by atoms with Gasteiger partial charge in [0.2, 0.25) is 10.0 Å². The predicted octanol–water partition coefficient (Wildman–Crippen LogP) is 0.441. The Morgan fingerprint density at radius 3 is 2.67 bits per heavy atom. The molecule has 0 aliphatic carbocycles. The van der Waals surface area contributed by atoms with E-state index in [1.165, 1.54) is 19.2 Å². The zero-order chi connectivity index (χ0) is 16.0. The summed E-state index contributed by atoms with van der Waals surface area (Å²) in [7, 11) is -2.31. The van der Waals surface area contributed by atoms with Gasteiger partial charge in [-0.15, -0.1) is 0 Å². The van der Waals surface area contributed by atoms with Crippen LogP contribution < -0.4 is 16.0 Å². The first kappa shape index (κ1) is 17.3. The summed E-state index contributed by atoms with van der Waals surface area (Å²) in [5.41, 5.74) is 1.77. The van der Waals surface area contributed by atoms with Crippen molar-refractivity contribution in [2.45, 2.75) is 11.8 Å². The Bertz CT molecular complexity index is 605. The lowest BCUT2D eigenvalue weighted by atomic mass is 10.2. The molecule has 1 aromatic rings. The number of hydrogen-bond acceptors (Lipinski definition) is 7. The van der Waals surface area contributed by atoms with Gasteiger partial charge in [-0.1, -0.05) is 6.92 Å². The van der Waals surface area contributed by atoms with E-state index in [9.17, 15) is 18.5 Å². The number of hydrogen-bond donors (Lipinski definition) is 3. The maximum absolute atomic E-state index is 12.1. The highest BCUT2D eigenvalue weighted by atomic mass is 32.2. The number of nitro benzene ring substituents is 1. The summed E-state index contributed by atoms with van der Waals surface area (Å²) in [6.45, 7) is 2.38. The molecule has 0 saturated carbocycles. The second-order valence-corrected chi connectivity index (χ2v) is 6.26. The predicted molar refractivity (Wildman–Crippen MR) is 77.1 cm³/mol. The first-order chi connectivity index (χ1) is 9.81. The van der Waals surface area contributed by atoms with Gasteiger partial charge in [0, 0.05) is 26.3 Å². The molecule has 0 amide bonds. The zero-order valence-corrected chi connectivity index (χ0v) is 12.5. The summed E-state index contributed by atoms with van der Waals surface area (Å²) in [6, 6.07) is 3.44. The van der Waals surface area contributed by atoms with E-state index in [1.807, 2.05) is 6.92 Å². The zero-order valence-electron chi connectivity index (χ0n) is 11.7. The van der Waals surface area contributed by atoms with Crippen molar-refractivity contribution in [3.05, 3.63) is 28.3 Å². The molecule has 118 valence electrons.